The zero-order valence-corrected chi connectivity index (χ0v) is 20.4. The summed E-state index contributed by atoms with van der Waals surface area (Å²) in [6, 6.07) is 33.1. The van der Waals surface area contributed by atoms with Gasteiger partial charge in [0.05, 0.1) is 26.7 Å². The first kappa shape index (κ1) is 22.9. The summed E-state index contributed by atoms with van der Waals surface area (Å²) in [5.74, 6) is 1.48. The Kier molecular flexibility index (Phi) is 6.47. The van der Waals surface area contributed by atoms with Gasteiger partial charge in [0.2, 0.25) is 0 Å². The van der Waals surface area contributed by atoms with E-state index >= 15 is 0 Å². The molecule has 7 heteroatoms. The average molecular weight is 501 g/mol. The van der Waals surface area contributed by atoms with Gasteiger partial charge in [-0.15, -0.1) is 22.7 Å². The smallest absolute Gasteiger partial charge is 0.148 e. The maximum absolute atomic E-state index is 9.77. The fourth-order valence-electron chi connectivity index (χ4n) is 3.89. The lowest BCUT2D eigenvalue weighted by Crippen LogP contribution is -1.99. The van der Waals surface area contributed by atoms with E-state index < -0.39 is 0 Å². The second kappa shape index (κ2) is 10.2. The summed E-state index contributed by atoms with van der Waals surface area (Å²) in [7, 11) is 0. The third-order valence-corrected chi connectivity index (χ3v) is 7.31. The Balaban J connectivity index is 1.64. The molecule has 0 atom stereocenters. The minimum absolute atomic E-state index is 0.0771. The first-order chi connectivity index (χ1) is 17.7. The highest BCUT2D eigenvalue weighted by molar-refractivity contribution is 7.14. The third kappa shape index (κ3) is 4.31. The Bertz CT molecular complexity index is 1660. The predicted octanol–water partition coefficient (Wildman–Crippen LogP) is 8.05. The van der Waals surface area contributed by atoms with Gasteiger partial charge in [-0.3, -0.25) is 0 Å². The number of nitrogens with zero attached hydrogens (tertiary/aromatic N) is 4. The van der Waals surface area contributed by atoms with E-state index in [-0.39, 0.29) is 11.1 Å². The third-order valence-electron chi connectivity index (χ3n) is 5.48. The number of hydrogen-bond donors (Lipinski definition) is 0. The maximum atomic E-state index is 9.77. The van der Waals surface area contributed by atoms with Crippen LogP contribution in [0.25, 0.3) is 32.4 Å². The number of para-hydroxylation sites is 1. The Morgan fingerprint density at radius 1 is 0.667 bits per heavy atom. The lowest BCUT2D eigenvalue weighted by molar-refractivity contribution is 0.482. The van der Waals surface area contributed by atoms with Gasteiger partial charge in [0, 0.05) is 11.3 Å². The summed E-state index contributed by atoms with van der Waals surface area (Å²) in [6.45, 7) is 0. The van der Waals surface area contributed by atoms with E-state index in [9.17, 15) is 15.8 Å². The number of rotatable bonds is 6. The van der Waals surface area contributed by atoms with E-state index in [1.807, 2.05) is 95.7 Å². The monoisotopic (exact) mass is 500 g/mol. The van der Waals surface area contributed by atoms with E-state index in [1.165, 1.54) is 11.3 Å². The van der Waals surface area contributed by atoms with Crippen molar-refractivity contribution >= 4 is 28.2 Å². The number of thiophene rings is 2. The Morgan fingerprint density at radius 2 is 1.39 bits per heavy atom. The van der Waals surface area contributed by atoms with Crippen molar-refractivity contribution in [2.75, 3.05) is 0 Å². The molecule has 0 bridgehead atoms. The van der Waals surface area contributed by atoms with Crippen molar-refractivity contribution < 1.29 is 4.74 Å². The molecule has 3 aromatic heterocycles. The van der Waals surface area contributed by atoms with Crippen molar-refractivity contribution in [3.8, 4) is 56.5 Å². The molecule has 0 aliphatic carbocycles. The summed E-state index contributed by atoms with van der Waals surface area (Å²) in [6.07, 6.45) is 0. The van der Waals surface area contributed by atoms with Gasteiger partial charge in [0.1, 0.15) is 35.3 Å². The predicted molar refractivity (Wildman–Crippen MR) is 143 cm³/mol. The average Bonchev–Trinajstić information content (AvgIpc) is 3.69. The number of ether oxygens (including phenoxy) is 1. The standard InChI is InChI=1S/C29H16N4OS2/c30-17-20(18-31)25(19-32)24-14-16-36-29(24)27-13-12-26(28-7-4-15-35-28)33(27)21-8-10-23(11-9-21)34-22-5-2-1-3-6-22/h1-16H. The van der Waals surface area contributed by atoms with Gasteiger partial charge in [-0.25, -0.2) is 0 Å². The van der Waals surface area contributed by atoms with Crippen LogP contribution < -0.4 is 4.74 Å². The fraction of sp³-hybridized carbons (Fsp3) is 0. The van der Waals surface area contributed by atoms with E-state index in [1.54, 1.807) is 17.4 Å². The quantitative estimate of drug-likeness (QED) is 0.221. The second-order valence-electron chi connectivity index (χ2n) is 7.57. The maximum Gasteiger partial charge on any atom is 0.148 e. The molecule has 0 fully saturated rings. The molecule has 0 spiro atoms. The fourth-order valence-corrected chi connectivity index (χ4v) is 5.55. The molecule has 5 rings (SSSR count). The largest absolute Gasteiger partial charge is 0.457 e. The molecule has 0 saturated carbocycles. The molecular weight excluding hydrogens is 484 g/mol. The summed E-state index contributed by atoms with van der Waals surface area (Å²) < 4.78 is 8.09. The zero-order valence-electron chi connectivity index (χ0n) is 18.8. The van der Waals surface area contributed by atoms with Gasteiger partial charge >= 0.3 is 0 Å². The normalized spacial score (nSPS) is 10.1. The van der Waals surface area contributed by atoms with Crippen molar-refractivity contribution in [2.45, 2.75) is 0 Å². The zero-order chi connectivity index (χ0) is 24.9. The van der Waals surface area contributed by atoms with Crippen molar-refractivity contribution in [3.63, 3.8) is 0 Å². The molecule has 5 aromatic rings. The van der Waals surface area contributed by atoms with Crippen molar-refractivity contribution in [2.24, 2.45) is 0 Å². The van der Waals surface area contributed by atoms with Crippen LogP contribution in [-0.4, -0.2) is 4.57 Å². The topological polar surface area (TPSA) is 85.5 Å². The number of benzene rings is 2. The molecule has 170 valence electrons. The lowest BCUT2D eigenvalue weighted by Gasteiger charge is -2.14. The minimum atomic E-state index is -0.198. The van der Waals surface area contributed by atoms with E-state index in [0.717, 1.165) is 38.3 Å². The molecule has 3 heterocycles. The lowest BCUT2D eigenvalue weighted by atomic mass is 10.0. The molecular formula is C29H16N4OS2. The van der Waals surface area contributed by atoms with Crippen LogP contribution in [0.2, 0.25) is 0 Å². The first-order valence-electron chi connectivity index (χ1n) is 10.8. The van der Waals surface area contributed by atoms with Crippen LogP contribution in [-0.2, 0) is 0 Å². The highest BCUT2D eigenvalue weighted by Crippen LogP contribution is 2.40. The van der Waals surface area contributed by atoms with Crippen LogP contribution in [0, 0.1) is 34.0 Å². The molecule has 5 nitrogen and oxygen atoms in total. The molecule has 0 amide bonds. The van der Waals surface area contributed by atoms with Crippen molar-refractivity contribution in [1.82, 2.24) is 4.57 Å². The van der Waals surface area contributed by atoms with Gasteiger partial charge in [-0.05, 0) is 71.4 Å². The van der Waals surface area contributed by atoms with Crippen LogP contribution >= 0.6 is 22.7 Å². The van der Waals surface area contributed by atoms with E-state index in [4.69, 9.17) is 4.74 Å². The molecule has 0 unspecified atom stereocenters. The van der Waals surface area contributed by atoms with Crippen LogP contribution in [0.4, 0.5) is 0 Å². The Labute approximate surface area is 216 Å². The highest BCUT2D eigenvalue weighted by atomic mass is 32.1. The second-order valence-corrected chi connectivity index (χ2v) is 9.44. The van der Waals surface area contributed by atoms with Crippen LogP contribution in [0.15, 0.2) is 101 Å². The Hall–Kier alpha value is -4.87. The van der Waals surface area contributed by atoms with Crippen LogP contribution in [0.5, 0.6) is 11.5 Å². The van der Waals surface area contributed by atoms with Gasteiger partial charge in [0.15, 0.2) is 0 Å². The van der Waals surface area contributed by atoms with E-state index in [2.05, 4.69) is 16.7 Å². The van der Waals surface area contributed by atoms with Gasteiger partial charge < -0.3 is 9.30 Å². The number of aromatic nitrogens is 1. The molecule has 0 aliphatic rings. The summed E-state index contributed by atoms with van der Waals surface area (Å²) in [5, 5.41) is 32.4. The molecule has 0 aliphatic heterocycles. The molecule has 2 aromatic carbocycles. The summed E-state index contributed by atoms with van der Waals surface area (Å²) in [5.41, 5.74) is 3.23. The van der Waals surface area contributed by atoms with Crippen molar-refractivity contribution in [1.29, 1.82) is 15.8 Å². The molecule has 36 heavy (non-hydrogen) atoms. The van der Waals surface area contributed by atoms with Crippen LogP contribution in [0.3, 0.4) is 0 Å². The van der Waals surface area contributed by atoms with E-state index in [0.29, 0.717) is 5.56 Å². The highest BCUT2D eigenvalue weighted by Gasteiger charge is 2.21. The number of hydrogen-bond acceptors (Lipinski definition) is 6. The minimum Gasteiger partial charge on any atom is -0.457 e. The summed E-state index contributed by atoms with van der Waals surface area (Å²) >= 11 is 3.10. The molecule has 0 N–H and O–H groups in total. The van der Waals surface area contributed by atoms with Crippen molar-refractivity contribution in [3.05, 3.63) is 107 Å². The summed E-state index contributed by atoms with van der Waals surface area (Å²) in [4.78, 5) is 1.90. The van der Waals surface area contributed by atoms with Gasteiger partial charge in [-0.1, -0.05) is 24.3 Å². The van der Waals surface area contributed by atoms with Gasteiger partial charge in [-0.2, -0.15) is 15.8 Å². The Morgan fingerprint density at radius 3 is 2.06 bits per heavy atom. The number of nitriles is 3. The SMILES string of the molecule is N#CC(C#N)=C(C#N)c1ccsc1-c1ccc(-c2cccs2)n1-c1ccc(Oc2ccccc2)cc1. The number of allylic oxidation sites excluding steroid dienone is 2. The van der Waals surface area contributed by atoms with Gasteiger partial charge in [0.25, 0.3) is 0 Å². The molecule has 0 radical (unpaired) electrons. The first-order valence-corrected chi connectivity index (χ1v) is 12.6. The molecule has 0 saturated heterocycles. The van der Waals surface area contributed by atoms with Crippen LogP contribution in [0.1, 0.15) is 5.56 Å².